The van der Waals surface area contributed by atoms with Gasteiger partial charge in [0, 0.05) is 0 Å². The van der Waals surface area contributed by atoms with Crippen molar-refractivity contribution in [1.82, 2.24) is 0 Å². The van der Waals surface area contributed by atoms with Gasteiger partial charge in [-0.3, -0.25) is 4.18 Å². The van der Waals surface area contributed by atoms with Crippen molar-refractivity contribution in [2.75, 3.05) is 6.61 Å². The van der Waals surface area contributed by atoms with E-state index >= 15 is 0 Å². The molecule has 0 radical (unpaired) electrons. The normalized spacial score (nSPS) is 13.3. The Hall–Kier alpha value is -0.650. The maximum Gasteiger partial charge on any atom is 1.00 e. The molecule has 0 saturated heterocycles. The fourth-order valence-electron chi connectivity index (χ4n) is 2.81. The Balaban J connectivity index is 0.00000132. The zero-order chi connectivity index (χ0) is 14.9. The van der Waals surface area contributed by atoms with Gasteiger partial charge in [-0.2, -0.15) is 8.42 Å². The molecule has 0 saturated carbocycles. The molecule has 22 heavy (non-hydrogen) atoms. The molecule has 0 N–H and O–H groups in total. The maximum atomic E-state index is 12.6. The number of unbranched alkanes of at least 4 members (excludes halogenated alkanes) is 1. The fraction of sp³-hybridized carbons (Fsp3) is 0.294. The first kappa shape index (κ1) is 17.7. The average Bonchev–Trinajstić information content (AvgIpc) is 2.82. The van der Waals surface area contributed by atoms with Crippen LogP contribution in [0.15, 0.2) is 48.5 Å². The van der Waals surface area contributed by atoms with Crippen molar-refractivity contribution in [2.45, 2.75) is 25.0 Å². The number of benzene rings is 2. The molecule has 1 aliphatic carbocycles. The molecule has 112 valence electrons. The van der Waals surface area contributed by atoms with Crippen LogP contribution in [0, 0.1) is 0 Å². The van der Waals surface area contributed by atoms with Crippen LogP contribution in [0.4, 0.5) is 0 Å². The minimum Gasteiger partial charge on any atom is -1.00 e. The van der Waals surface area contributed by atoms with Crippen molar-refractivity contribution in [1.29, 1.82) is 0 Å². The van der Waals surface area contributed by atoms with E-state index < -0.39 is 15.4 Å². The van der Waals surface area contributed by atoms with Gasteiger partial charge in [0.15, 0.2) is 0 Å². The number of rotatable bonds is 5. The molecule has 0 heterocycles. The molecule has 0 aromatic heterocycles. The van der Waals surface area contributed by atoms with Crippen LogP contribution in [0.2, 0.25) is 0 Å². The molecule has 2 aromatic rings. The van der Waals surface area contributed by atoms with Gasteiger partial charge in [-0.15, -0.1) is 0 Å². The molecule has 0 fully saturated rings. The number of hydrogen-bond donors (Lipinski definition) is 0. The first-order chi connectivity index (χ1) is 10.1. The van der Waals surface area contributed by atoms with Crippen molar-refractivity contribution < 1.29 is 43.6 Å². The molecule has 0 bridgehead atoms. The summed E-state index contributed by atoms with van der Waals surface area (Å²) in [5.41, 5.74) is 3.60. The van der Waals surface area contributed by atoms with Crippen LogP contribution in [0.3, 0.4) is 0 Å². The third-order valence-electron chi connectivity index (χ3n) is 3.81. The molecular weight excluding hydrogens is 307 g/mol. The van der Waals surface area contributed by atoms with E-state index in [1.54, 1.807) is 0 Å². The van der Waals surface area contributed by atoms with E-state index in [0.717, 1.165) is 35.1 Å². The quantitative estimate of drug-likeness (QED) is 0.468. The van der Waals surface area contributed by atoms with Crippen molar-refractivity contribution in [3.05, 3.63) is 59.7 Å². The largest absolute Gasteiger partial charge is 1.00 e. The summed E-state index contributed by atoms with van der Waals surface area (Å²) in [4.78, 5) is 0. The second-order valence-electron chi connectivity index (χ2n) is 5.22. The molecule has 5 heteroatoms. The number of fused-ring (bicyclic) bond motifs is 3. The average molecular weight is 326 g/mol. The number of hydrogen-bond acceptors (Lipinski definition) is 3. The molecule has 0 atom stereocenters. The summed E-state index contributed by atoms with van der Waals surface area (Å²) in [7, 11) is -3.66. The van der Waals surface area contributed by atoms with Crippen LogP contribution >= 0.6 is 0 Å². The van der Waals surface area contributed by atoms with Crippen LogP contribution in [0.25, 0.3) is 11.1 Å². The third kappa shape index (κ3) is 3.17. The summed E-state index contributed by atoms with van der Waals surface area (Å²) >= 11 is 0. The Morgan fingerprint density at radius 2 is 1.50 bits per heavy atom. The van der Waals surface area contributed by atoms with Crippen molar-refractivity contribution >= 4 is 10.1 Å². The van der Waals surface area contributed by atoms with Gasteiger partial charge in [-0.25, -0.2) is 0 Å². The van der Waals surface area contributed by atoms with Gasteiger partial charge in [0.25, 0.3) is 10.1 Å². The molecular formula is C17H19NaO3S. The Morgan fingerprint density at radius 1 is 1.00 bits per heavy atom. The molecule has 2 aromatic carbocycles. The van der Waals surface area contributed by atoms with E-state index in [0.29, 0.717) is 0 Å². The van der Waals surface area contributed by atoms with Crippen molar-refractivity contribution in [3.63, 3.8) is 0 Å². The van der Waals surface area contributed by atoms with E-state index in [1.807, 2.05) is 55.5 Å². The smallest absolute Gasteiger partial charge is 1.00 e. The van der Waals surface area contributed by atoms with E-state index in [2.05, 4.69) is 0 Å². The molecule has 0 spiro atoms. The summed E-state index contributed by atoms with van der Waals surface area (Å²) in [5, 5.41) is -0.707. The van der Waals surface area contributed by atoms with Crippen LogP contribution in [0.5, 0.6) is 0 Å². The second kappa shape index (κ2) is 7.28. The molecule has 3 rings (SSSR count). The van der Waals surface area contributed by atoms with Gasteiger partial charge < -0.3 is 1.43 Å². The maximum absolute atomic E-state index is 12.6. The summed E-state index contributed by atoms with van der Waals surface area (Å²) in [5.74, 6) is 0. The van der Waals surface area contributed by atoms with Gasteiger partial charge in [0.1, 0.15) is 5.25 Å². The Morgan fingerprint density at radius 3 is 2.00 bits per heavy atom. The standard InChI is InChI=1S/C17H18O3S.Na.H/c1-2-3-12-20-21(18,19)17-15-10-6-4-8-13(15)14-9-5-7-11-16(14)17;;/h4-11,17H,2-3,12H2,1H3;;/q;+1;-1. The second-order valence-corrected chi connectivity index (χ2v) is 6.92. The van der Waals surface area contributed by atoms with Crippen LogP contribution < -0.4 is 29.6 Å². The predicted molar refractivity (Wildman–Crippen MR) is 84.6 cm³/mol. The van der Waals surface area contributed by atoms with Crippen LogP contribution in [-0.4, -0.2) is 15.0 Å². The van der Waals surface area contributed by atoms with E-state index in [4.69, 9.17) is 4.18 Å². The van der Waals surface area contributed by atoms with E-state index in [1.165, 1.54) is 0 Å². The molecule has 0 unspecified atom stereocenters. The van der Waals surface area contributed by atoms with E-state index in [-0.39, 0.29) is 37.6 Å². The first-order valence-corrected chi connectivity index (χ1v) is 8.68. The minimum absolute atomic E-state index is 0. The fourth-order valence-corrected chi connectivity index (χ4v) is 4.33. The van der Waals surface area contributed by atoms with Crippen molar-refractivity contribution in [3.8, 4) is 11.1 Å². The SMILES string of the molecule is CCCCOS(=O)(=O)C1c2ccccc2-c2ccccc21.[H-].[Na+]. The van der Waals surface area contributed by atoms with E-state index in [9.17, 15) is 8.42 Å². The Kier molecular flexibility index (Phi) is 5.86. The topological polar surface area (TPSA) is 43.4 Å². The van der Waals surface area contributed by atoms with Crippen LogP contribution in [0.1, 0.15) is 37.6 Å². The van der Waals surface area contributed by atoms with Gasteiger partial charge in [0.05, 0.1) is 6.61 Å². The monoisotopic (exact) mass is 326 g/mol. The summed E-state index contributed by atoms with van der Waals surface area (Å²) < 4.78 is 30.5. The zero-order valence-electron chi connectivity index (χ0n) is 14.0. The van der Waals surface area contributed by atoms with Crippen molar-refractivity contribution in [2.24, 2.45) is 0 Å². The summed E-state index contributed by atoms with van der Waals surface area (Å²) in [6, 6.07) is 15.3. The van der Waals surface area contributed by atoms with Crippen LogP contribution in [-0.2, 0) is 14.3 Å². The molecule has 0 aliphatic heterocycles. The molecule has 1 aliphatic rings. The molecule has 0 amide bonds. The Bertz CT molecular complexity index is 716. The first-order valence-electron chi connectivity index (χ1n) is 7.21. The zero-order valence-corrected chi connectivity index (χ0v) is 15.8. The summed E-state index contributed by atoms with van der Waals surface area (Å²) in [6.07, 6.45) is 1.66. The van der Waals surface area contributed by atoms with Gasteiger partial charge in [-0.05, 0) is 28.7 Å². The molecule has 3 nitrogen and oxygen atoms in total. The summed E-state index contributed by atoms with van der Waals surface area (Å²) in [6.45, 7) is 2.26. The van der Waals surface area contributed by atoms with Gasteiger partial charge in [0.2, 0.25) is 0 Å². The minimum atomic E-state index is -3.66. The van der Waals surface area contributed by atoms with Gasteiger partial charge >= 0.3 is 29.6 Å². The predicted octanol–water partition coefficient (Wildman–Crippen LogP) is 1.02. The third-order valence-corrected chi connectivity index (χ3v) is 5.39. The van der Waals surface area contributed by atoms with Gasteiger partial charge in [-0.1, -0.05) is 61.9 Å². The Labute approximate surface area is 155 Å².